The molecule has 1 N–H and O–H groups in total. The molecule has 0 bridgehead atoms. The number of rotatable bonds is 3. The van der Waals surface area contributed by atoms with Crippen LogP contribution in [0.15, 0.2) is 0 Å². The highest BCUT2D eigenvalue weighted by Crippen LogP contribution is 2.37. The van der Waals surface area contributed by atoms with Gasteiger partial charge in [-0.3, -0.25) is 0 Å². The highest BCUT2D eigenvalue weighted by molar-refractivity contribution is 4.87. The summed E-state index contributed by atoms with van der Waals surface area (Å²) in [5.74, 6) is 0. The predicted molar refractivity (Wildman–Crippen MR) is 72.1 cm³/mol. The first-order valence-electron chi connectivity index (χ1n) is 7.61. The van der Waals surface area contributed by atoms with Crippen molar-refractivity contribution in [2.24, 2.45) is 5.41 Å². The maximum atomic E-state index is 9.80. The standard InChI is InChI=1S/C15H29NO/c1-14-8-4-2-7-11-16(14)12-15(13-17)9-5-3-6-10-15/h14,17H,2-13H2,1H3. The minimum atomic E-state index is 0.233. The average molecular weight is 239 g/mol. The summed E-state index contributed by atoms with van der Waals surface area (Å²) < 4.78 is 0. The molecular formula is C15H29NO. The van der Waals surface area contributed by atoms with E-state index in [1.165, 1.54) is 64.3 Å². The Bertz CT molecular complexity index is 223. The van der Waals surface area contributed by atoms with Crippen LogP contribution in [0.3, 0.4) is 0 Å². The highest BCUT2D eigenvalue weighted by atomic mass is 16.3. The van der Waals surface area contributed by atoms with Gasteiger partial charge in [-0.1, -0.05) is 32.1 Å². The third-order valence-electron chi connectivity index (χ3n) is 4.98. The van der Waals surface area contributed by atoms with Crippen LogP contribution in [-0.2, 0) is 0 Å². The molecule has 0 radical (unpaired) electrons. The first kappa shape index (κ1) is 13.4. The summed E-state index contributed by atoms with van der Waals surface area (Å²) in [6.45, 7) is 5.17. The molecule has 2 heteroatoms. The Hall–Kier alpha value is -0.0800. The Morgan fingerprint density at radius 3 is 2.47 bits per heavy atom. The van der Waals surface area contributed by atoms with Crippen molar-refractivity contribution < 1.29 is 5.11 Å². The lowest BCUT2D eigenvalue weighted by Gasteiger charge is -2.41. The number of hydrogen-bond donors (Lipinski definition) is 1. The number of aliphatic hydroxyl groups excluding tert-OH is 1. The molecule has 0 aromatic heterocycles. The summed E-state index contributed by atoms with van der Waals surface area (Å²) in [6, 6.07) is 0.725. The maximum Gasteiger partial charge on any atom is 0.0499 e. The van der Waals surface area contributed by atoms with Crippen molar-refractivity contribution in [1.29, 1.82) is 0 Å². The van der Waals surface area contributed by atoms with Gasteiger partial charge in [0.1, 0.15) is 0 Å². The van der Waals surface area contributed by atoms with E-state index in [9.17, 15) is 5.11 Å². The molecule has 1 saturated heterocycles. The number of likely N-dealkylation sites (tertiary alicyclic amines) is 1. The predicted octanol–water partition coefficient (Wildman–Crippen LogP) is 3.19. The van der Waals surface area contributed by atoms with Gasteiger partial charge >= 0.3 is 0 Å². The van der Waals surface area contributed by atoms with Gasteiger partial charge in [0.25, 0.3) is 0 Å². The van der Waals surface area contributed by atoms with Crippen LogP contribution in [0.25, 0.3) is 0 Å². The lowest BCUT2D eigenvalue weighted by molar-refractivity contribution is 0.0286. The molecule has 17 heavy (non-hydrogen) atoms. The van der Waals surface area contributed by atoms with Crippen molar-refractivity contribution >= 4 is 0 Å². The molecule has 1 aliphatic heterocycles. The molecule has 2 rings (SSSR count). The fraction of sp³-hybridized carbons (Fsp3) is 1.00. The normalized spacial score (nSPS) is 31.1. The zero-order valence-corrected chi connectivity index (χ0v) is 11.5. The topological polar surface area (TPSA) is 23.5 Å². The van der Waals surface area contributed by atoms with Crippen molar-refractivity contribution in [3.05, 3.63) is 0 Å². The maximum absolute atomic E-state index is 9.80. The summed E-state index contributed by atoms with van der Waals surface area (Å²) in [6.07, 6.45) is 12.0. The highest BCUT2D eigenvalue weighted by Gasteiger charge is 2.34. The largest absolute Gasteiger partial charge is 0.396 e. The van der Waals surface area contributed by atoms with E-state index < -0.39 is 0 Å². The second-order valence-corrected chi connectivity index (χ2v) is 6.39. The van der Waals surface area contributed by atoms with Crippen LogP contribution in [0.1, 0.15) is 64.7 Å². The van der Waals surface area contributed by atoms with Crippen LogP contribution in [0.4, 0.5) is 0 Å². The first-order chi connectivity index (χ1) is 8.26. The monoisotopic (exact) mass is 239 g/mol. The Kier molecular flexibility index (Phi) is 4.87. The molecule has 1 aliphatic carbocycles. The second-order valence-electron chi connectivity index (χ2n) is 6.39. The van der Waals surface area contributed by atoms with Gasteiger partial charge in [-0.15, -0.1) is 0 Å². The van der Waals surface area contributed by atoms with Gasteiger partial charge in [-0.2, -0.15) is 0 Å². The Labute approximate surface area is 106 Å². The van der Waals surface area contributed by atoms with Crippen LogP contribution < -0.4 is 0 Å². The zero-order chi connectivity index (χ0) is 12.1. The molecular weight excluding hydrogens is 210 g/mol. The van der Waals surface area contributed by atoms with Gasteiger partial charge < -0.3 is 10.0 Å². The fourth-order valence-corrected chi connectivity index (χ4v) is 3.67. The van der Waals surface area contributed by atoms with Gasteiger partial charge in [0.15, 0.2) is 0 Å². The van der Waals surface area contributed by atoms with E-state index in [1.807, 2.05) is 0 Å². The molecule has 0 spiro atoms. The van der Waals surface area contributed by atoms with Gasteiger partial charge in [0.05, 0.1) is 0 Å². The molecule has 2 aliphatic rings. The average Bonchev–Trinajstić information content (AvgIpc) is 2.56. The van der Waals surface area contributed by atoms with E-state index >= 15 is 0 Å². The van der Waals surface area contributed by atoms with Crippen molar-refractivity contribution in [1.82, 2.24) is 4.90 Å². The molecule has 2 fully saturated rings. The van der Waals surface area contributed by atoms with Crippen LogP contribution in [0.2, 0.25) is 0 Å². The smallest absolute Gasteiger partial charge is 0.0499 e. The van der Waals surface area contributed by atoms with E-state index in [-0.39, 0.29) is 5.41 Å². The van der Waals surface area contributed by atoms with Crippen LogP contribution in [0, 0.1) is 5.41 Å². The van der Waals surface area contributed by atoms with Crippen molar-refractivity contribution in [3.63, 3.8) is 0 Å². The quantitative estimate of drug-likeness (QED) is 0.817. The van der Waals surface area contributed by atoms with Crippen molar-refractivity contribution in [2.45, 2.75) is 70.8 Å². The third-order valence-corrected chi connectivity index (χ3v) is 4.98. The molecule has 0 aromatic rings. The van der Waals surface area contributed by atoms with Crippen LogP contribution in [0.5, 0.6) is 0 Å². The molecule has 100 valence electrons. The molecule has 2 nitrogen and oxygen atoms in total. The number of hydrogen-bond acceptors (Lipinski definition) is 2. The van der Waals surface area contributed by atoms with Crippen LogP contribution in [-0.4, -0.2) is 35.7 Å². The third kappa shape index (κ3) is 3.45. The van der Waals surface area contributed by atoms with E-state index in [0.29, 0.717) is 6.61 Å². The van der Waals surface area contributed by atoms with Crippen LogP contribution >= 0.6 is 0 Å². The van der Waals surface area contributed by atoms with Crippen molar-refractivity contribution in [2.75, 3.05) is 19.7 Å². The molecule has 0 aromatic carbocycles. The molecule has 1 atom stereocenters. The van der Waals surface area contributed by atoms with E-state index in [4.69, 9.17) is 0 Å². The van der Waals surface area contributed by atoms with Gasteiger partial charge in [-0.05, 0) is 39.2 Å². The number of aliphatic hydroxyl groups is 1. The lowest BCUT2D eigenvalue weighted by Crippen LogP contribution is -2.45. The Balaban J connectivity index is 1.95. The summed E-state index contributed by atoms with van der Waals surface area (Å²) in [5.41, 5.74) is 0.233. The summed E-state index contributed by atoms with van der Waals surface area (Å²) in [5, 5.41) is 9.80. The molecule has 1 saturated carbocycles. The van der Waals surface area contributed by atoms with E-state index in [2.05, 4.69) is 11.8 Å². The summed E-state index contributed by atoms with van der Waals surface area (Å²) in [7, 11) is 0. The minimum absolute atomic E-state index is 0.233. The first-order valence-corrected chi connectivity index (χ1v) is 7.61. The lowest BCUT2D eigenvalue weighted by atomic mass is 9.74. The van der Waals surface area contributed by atoms with Gasteiger partial charge in [-0.25, -0.2) is 0 Å². The fourth-order valence-electron chi connectivity index (χ4n) is 3.67. The Morgan fingerprint density at radius 1 is 1.06 bits per heavy atom. The minimum Gasteiger partial charge on any atom is -0.396 e. The van der Waals surface area contributed by atoms with Crippen molar-refractivity contribution in [3.8, 4) is 0 Å². The number of nitrogens with zero attached hydrogens (tertiary/aromatic N) is 1. The van der Waals surface area contributed by atoms with Gasteiger partial charge in [0, 0.05) is 24.6 Å². The summed E-state index contributed by atoms with van der Waals surface area (Å²) >= 11 is 0. The van der Waals surface area contributed by atoms with E-state index in [1.54, 1.807) is 0 Å². The Morgan fingerprint density at radius 2 is 1.76 bits per heavy atom. The molecule has 1 heterocycles. The zero-order valence-electron chi connectivity index (χ0n) is 11.5. The van der Waals surface area contributed by atoms with Gasteiger partial charge in [0.2, 0.25) is 0 Å². The second kappa shape index (κ2) is 6.19. The molecule has 1 unspecified atom stereocenters. The van der Waals surface area contributed by atoms with E-state index in [0.717, 1.165) is 12.6 Å². The summed E-state index contributed by atoms with van der Waals surface area (Å²) in [4.78, 5) is 2.66. The molecule has 0 amide bonds. The SMILES string of the molecule is CC1CCCCCN1CC1(CO)CCCCC1.